The Balaban J connectivity index is 2.11. The first kappa shape index (κ1) is 24.4. The van der Waals surface area contributed by atoms with Crippen molar-refractivity contribution in [2.75, 3.05) is 25.0 Å². The maximum Gasteiger partial charge on any atom is 0.262 e. The van der Waals surface area contributed by atoms with Crippen molar-refractivity contribution in [3.05, 3.63) is 58.7 Å². The Morgan fingerprint density at radius 3 is 2.29 bits per heavy atom. The third-order valence-corrected chi connectivity index (χ3v) is 5.18. The van der Waals surface area contributed by atoms with E-state index in [1.165, 1.54) is 0 Å². The number of benzene rings is 2. The maximum absolute atomic E-state index is 12.9. The van der Waals surface area contributed by atoms with E-state index in [1.54, 1.807) is 6.07 Å². The normalized spacial score (nSPS) is 10.8. The summed E-state index contributed by atoms with van der Waals surface area (Å²) in [7, 11) is 0. The van der Waals surface area contributed by atoms with Gasteiger partial charge in [-0.2, -0.15) is 0 Å². The molecule has 0 aliphatic carbocycles. The Morgan fingerprint density at radius 2 is 1.68 bits per heavy atom. The first-order chi connectivity index (χ1) is 14.8. The van der Waals surface area contributed by atoms with Crippen molar-refractivity contribution in [3.8, 4) is 5.75 Å². The smallest absolute Gasteiger partial charge is 0.262 e. The minimum Gasteiger partial charge on any atom is -0.483 e. The van der Waals surface area contributed by atoms with Crippen LogP contribution in [0.3, 0.4) is 0 Å². The zero-order valence-corrected chi connectivity index (χ0v) is 19.7. The van der Waals surface area contributed by atoms with E-state index in [9.17, 15) is 9.59 Å². The molecular formula is C26H36N2O3. The molecule has 2 aromatic rings. The van der Waals surface area contributed by atoms with Crippen LogP contribution >= 0.6 is 0 Å². The molecule has 0 unspecified atom stereocenters. The van der Waals surface area contributed by atoms with Crippen LogP contribution in [0.15, 0.2) is 36.4 Å². The number of aryl methyl sites for hydroxylation is 2. The third-order valence-electron chi connectivity index (χ3n) is 5.18. The minimum atomic E-state index is -0.247. The summed E-state index contributed by atoms with van der Waals surface area (Å²) in [4.78, 5) is 27.4. The van der Waals surface area contributed by atoms with Crippen LogP contribution in [-0.4, -0.2) is 36.4 Å². The second kappa shape index (κ2) is 11.5. The van der Waals surface area contributed by atoms with Crippen LogP contribution < -0.4 is 10.1 Å². The number of hydrogen-bond donors (Lipinski definition) is 1. The lowest BCUT2D eigenvalue weighted by Gasteiger charge is -2.22. The van der Waals surface area contributed by atoms with E-state index in [-0.39, 0.29) is 18.4 Å². The Morgan fingerprint density at radius 1 is 1.00 bits per heavy atom. The zero-order valence-electron chi connectivity index (χ0n) is 19.7. The van der Waals surface area contributed by atoms with E-state index >= 15 is 0 Å². The fourth-order valence-corrected chi connectivity index (χ4v) is 3.50. The lowest BCUT2D eigenvalue weighted by Crippen LogP contribution is -2.32. The lowest BCUT2D eigenvalue weighted by atomic mass is 10.0. The highest BCUT2D eigenvalue weighted by Crippen LogP contribution is 2.27. The number of nitrogens with one attached hydrogen (secondary N) is 1. The van der Waals surface area contributed by atoms with Gasteiger partial charge < -0.3 is 15.0 Å². The summed E-state index contributed by atoms with van der Waals surface area (Å²) in [5.74, 6) is 0.790. The van der Waals surface area contributed by atoms with Crippen LogP contribution in [0.2, 0.25) is 0 Å². The van der Waals surface area contributed by atoms with E-state index in [0.29, 0.717) is 17.2 Å². The standard InChI is InChI=1S/C26H36N2O3/c1-7-13-28(14-8-2)26(30)21-11-10-20(6)23(16-21)27-25(29)17-31-24-15-19(5)9-12-22(24)18(3)4/h9-12,15-16,18H,7-8,13-14,17H2,1-6H3,(H,27,29). The molecule has 1 N–H and O–H groups in total. The van der Waals surface area contributed by atoms with Crippen molar-refractivity contribution < 1.29 is 14.3 Å². The Hall–Kier alpha value is -2.82. The minimum absolute atomic E-state index is 0.00298. The molecule has 2 amide bonds. The van der Waals surface area contributed by atoms with Crippen LogP contribution in [0.25, 0.3) is 0 Å². The average molecular weight is 425 g/mol. The highest BCUT2D eigenvalue weighted by molar-refractivity contribution is 5.98. The molecule has 0 aromatic heterocycles. The van der Waals surface area contributed by atoms with Crippen LogP contribution in [0, 0.1) is 13.8 Å². The quantitative estimate of drug-likeness (QED) is 0.532. The molecule has 0 aliphatic heterocycles. The predicted octanol–water partition coefficient (Wildman–Crippen LogP) is 5.71. The van der Waals surface area contributed by atoms with E-state index in [1.807, 2.05) is 43.0 Å². The number of anilines is 1. The van der Waals surface area contributed by atoms with E-state index in [2.05, 4.69) is 39.1 Å². The fraction of sp³-hybridized carbons (Fsp3) is 0.462. The number of rotatable bonds is 10. The molecule has 0 saturated heterocycles. The van der Waals surface area contributed by atoms with Gasteiger partial charge in [0.15, 0.2) is 6.61 Å². The predicted molar refractivity (Wildman–Crippen MR) is 127 cm³/mol. The van der Waals surface area contributed by atoms with Crippen molar-refractivity contribution in [2.45, 2.75) is 60.3 Å². The number of ether oxygens (including phenoxy) is 1. The molecule has 2 aromatic carbocycles. The molecule has 0 aliphatic rings. The molecule has 31 heavy (non-hydrogen) atoms. The van der Waals surface area contributed by atoms with Crippen LogP contribution in [-0.2, 0) is 4.79 Å². The molecule has 0 heterocycles. The molecule has 0 atom stereocenters. The molecule has 5 heteroatoms. The summed E-state index contributed by atoms with van der Waals surface area (Å²) in [6.45, 7) is 13.6. The summed E-state index contributed by atoms with van der Waals surface area (Å²) in [5.41, 5.74) is 4.30. The van der Waals surface area contributed by atoms with Gasteiger partial charge in [-0.3, -0.25) is 9.59 Å². The SMILES string of the molecule is CCCN(CCC)C(=O)c1ccc(C)c(NC(=O)COc2cc(C)ccc2C(C)C)c1. The monoisotopic (exact) mass is 424 g/mol. The number of hydrogen-bond acceptors (Lipinski definition) is 3. The zero-order chi connectivity index (χ0) is 23.0. The van der Waals surface area contributed by atoms with Gasteiger partial charge in [0.1, 0.15) is 5.75 Å². The maximum atomic E-state index is 12.9. The van der Waals surface area contributed by atoms with Gasteiger partial charge in [0.2, 0.25) is 0 Å². The van der Waals surface area contributed by atoms with Crippen molar-refractivity contribution >= 4 is 17.5 Å². The second-order valence-electron chi connectivity index (χ2n) is 8.35. The number of carbonyl (C=O) groups is 2. The van der Waals surface area contributed by atoms with Crippen molar-refractivity contribution in [1.29, 1.82) is 0 Å². The lowest BCUT2D eigenvalue weighted by molar-refractivity contribution is -0.118. The van der Waals surface area contributed by atoms with Gasteiger partial charge in [-0.15, -0.1) is 0 Å². The van der Waals surface area contributed by atoms with Gasteiger partial charge in [-0.1, -0.05) is 45.9 Å². The largest absolute Gasteiger partial charge is 0.483 e. The van der Waals surface area contributed by atoms with Crippen LogP contribution in [0.1, 0.15) is 73.5 Å². The van der Waals surface area contributed by atoms with Crippen LogP contribution in [0.4, 0.5) is 5.69 Å². The summed E-state index contributed by atoms with van der Waals surface area (Å²) in [5, 5.41) is 2.91. The Bertz CT molecular complexity index is 900. The number of carbonyl (C=O) groups excluding carboxylic acids is 2. The molecule has 0 bridgehead atoms. The van der Waals surface area contributed by atoms with E-state index < -0.39 is 0 Å². The van der Waals surface area contributed by atoms with Gasteiger partial charge in [-0.25, -0.2) is 0 Å². The van der Waals surface area contributed by atoms with Gasteiger partial charge in [0.05, 0.1) is 0 Å². The third kappa shape index (κ3) is 6.84. The summed E-state index contributed by atoms with van der Waals surface area (Å²) < 4.78 is 5.85. The van der Waals surface area contributed by atoms with Crippen LogP contribution in [0.5, 0.6) is 5.75 Å². The molecular weight excluding hydrogens is 388 g/mol. The summed E-state index contributed by atoms with van der Waals surface area (Å²) in [6.07, 6.45) is 1.83. The van der Waals surface area contributed by atoms with E-state index in [4.69, 9.17) is 4.74 Å². The molecule has 5 nitrogen and oxygen atoms in total. The Kier molecular flexibility index (Phi) is 9.10. The fourth-order valence-electron chi connectivity index (χ4n) is 3.50. The van der Waals surface area contributed by atoms with Crippen molar-refractivity contribution in [3.63, 3.8) is 0 Å². The summed E-state index contributed by atoms with van der Waals surface area (Å²) in [6, 6.07) is 11.5. The Labute approximate surface area is 186 Å². The highest BCUT2D eigenvalue weighted by atomic mass is 16.5. The molecule has 0 fully saturated rings. The van der Waals surface area contributed by atoms with E-state index in [0.717, 1.165) is 48.4 Å². The second-order valence-corrected chi connectivity index (χ2v) is 8.35. The molecule has 0 saturated carbocycles. The van der Waals surface area contributed by atoms with Gasteiger partial charge in [0, 0.05) is 24.3 Å². The number of nitrogens with zero attached hydrogens (tertiary/aromatic N) is 1. The molecule has 2 rings (SSSR count). The van der Waals surface area contributed by atoms with Gasteiger partial charge in [0.25, 0.3) is 11.8 Å². The average Bonchev–Trinajstić information content (AvgIpc) is 2.73. The molecule has 0 spiro atoms. The van der Waals surface area contributed by atoms with Crippen molar-refractivity contribution in [2.24, 2.45) is 0 Å². The van der Waals surface area contributed by atoms with Gasteiger partial charge in [-0.05, 0) is 67.5 Å². The summed E-state index contributed by atoms with van der Waals surface area (Å²) >= 11 is 0. The number of amides is 2. The van der Waals surface area contributed by atoms with Crippen molar-refractivity contribution in [1.82, 2.24) is 4.90 Å². The highest BCUT2D eigenvalue weighted by Gasteiger charge is 2.16. The molecule has 168 valence electrons. The molecule has 0 radical (unpaired) electrons. The first-order valence-electron chi connectivity index (χ1n) is 11.2. The first-order valence-corrected chi connectivity index (χ1v) is 11.2. The van der Waals surface area contributed by atoms with Gasteiger partial charge >= 0.3 is 0 Å². The topological polar surface area (TPSA) is 58.6 Å².